The highest BCUT2D eigenvalue weighted by molar-refractivity contribution is 5.52. The van der Waals surface area contributed by atoms with E-state index in [1.54, 1.807) is 12.5 Å². The summed E-state index contributed by atoms with van der Waals surface area (Å²) in [5.41, 5.74) is 2.54. The first-order chi connectivity index (χ1) is 15.3. The normalized spacial score (nSPS) is 23.7. The van der Waals surface area contributed by atoms with Crippen molar-refractivity contribution in [3.8, 4) is 5.75 Å². The van der Waals surface area contributed by atoms with Gasteiger partial charge >= 0.3 is 0 Å². The lowest BCUT2D eigenvalue weighted by molar-refractivity contribution is -0.0726. The molecule has 31 heavy (non-hydrogen) atoms. The third kappa shape index (κ3) is 4.90. The molecule has 2 saturated heterocycles. The Morgan fingerprint density at radius 1 is 1.10 bits per heavy atom. The summed E-state index contributed by atoms with van der Waals surface area (Å²) >= 11 is 0. The highest BCUT2D eigenvalue weighted by Gasteiger charge is 2.27. The van der Waals surface area contributed by atoms with Crippen molar-refractivity contribution in [1.29, 1.82) is 0 Å². The number of anilines is 1. The fraction of sp³-hybridized carbons (Fsp3) is 0.375. The van der Waals surface area contributed by atoms with E-state index in [1.165, 1.54) is 11.3 Å². The Labute approximate surface area is 182 Å². The standard InChI is InChI=1S/C24H28N4O3/c1-2-4-19(5-3-1)23-14-25-11-13-28(23)20-6-8-21(9-7-20)29-16-22-17-30-24(31-22)15-27-12-10-26-18-27/h1-10,12,18,22-25H,11,13-17H2. The Morgan fingerprint density at radius 3 is 2.77 bits per heavy atom. The molecule has 0 aliphatic carbocycles. The van der Waals surface area contributed by atoms with E-state index >= 15 is 0 Å². The second kappa shape index (κ2) is 9.51. The molecular weight excluding hydrogens is 392 g/mol. The van der Waals surface area contributed by atoms with Crippen molar-refractivity contribution in [2.45, 2.75) is 25.0 Å². The van der Waals surface area contributed by atoms with Crippen LogP contribution in [0.25, 0.3) is 0 Å². The van der Waals surface area contributed by atoms with Gasteiger partial charge in [0.1, 0.15) is 18.5 Å². The van der Waals surface area contributed by atoms with Crippen LogP contribution in [0, 0.1) is 0 Å². The summed E-state index contributed by atoms with van der Waals surface area (Å²) in [6, 6.07) is 19.4. The number of ether oxygens (including phenoxy) is 3. The highest BCUT2D eigenvalue weighted by atomic mass is 16.7. The van der Waals surface area contributed by atoms with Crippen LogP contribution in [0.5, 0.6) is 5.75 Å². The molecule has 3 heterocycles. The van der Waals surface area contributed by atoms with E-state index in [2.05, 4.69) is 57.7 Å². The van der Waals surface area contributed by atoms with Crippen LogP contribution in [0.15, 0.2) is 73.3 Å². The first-order valence-electron chi connectivity index (χ1n) is 10.8. The Balaban J connectivity index is 1.16. The number of aromatic nitrogens is 2. The molecule has 2 aromatic carbocycles. The molecule has 0 saturated carbocycles. The van der Waals surface area contributed by atoms with E-state index in [4.69, 9.17) is 14.2 Å². The van der Waals surface area contributed by atoms with Gasteiger partial charge in [-0.05, 0) is 29.8 Å². The van der Waals surface area contributed by atoms with Crippen molar-refractivity contribution in [3.05, 3.63) is 78.9 Å². The SMILES string of the molecule is c1ccc(C2CNCCN2c2ccc(OCC3COC(Cn4ccnc4)O3)cc2)cc1. The quantitative estimate of drug-likeness (QED) is 0.634. The van der Waals surface area contributed by atoms with Crippen LogP contribution in [0.4, 0.5) is 5.69 Å². The number of nitrogens with zero attached hydrogens (tertiary/aromatic N) is 3. The maximum atomic E-state index is 5.97. The fourth-order valence-electron chi connectivity index (χ4n) is 4.17. The van der Waals surface area contributed by atoms with Gasteiger partial charge in [-0.15, -0.1) is 0 Å². The lowest BCUT2D eigenvalue weighted by atomic mass is 10.0. The topological polar surface area (TPSA) is 60.8 Å². The monoisotopic (exact) mass is 420 g/mol. The summed E-state index contributed by atoms with van der Waals surface area (Å²) in [6.45, 7) is 4.56. The van der Waals surface area contributed by atoms with Crippen LogP contribution in [-0.4, -0.2) is 54.8 Å². The average molecular weight is 421 g/mol. The van der Waals surface area contributed by atoms with Crippen molar-refractivity contribution in [1.82, 2.24) is 14.9 Å². The maximum absolute atomic E-state index is 5.97. The largest absolute Gasteiger partial charge is 0.491 e. The molecule has 5 rings (SSSR count). The van der Waals surface area contributed by atoms with Gasteiger partial charge in [0.25, 0.3) is 0 Å². The maximum Gasteiger partial charge on any atom is 0.176 e. The molecule has 7 nitrogen and oxygen atoms in total. The zero-order valence-corrected chi connectivity index (χ0v) is 17.5. The Kier molecular flexibility index (Phi) is 6.15. The smallest absolute Gasteiger partial charge is 0.176 e. The molecule has 2 aliphatic heterocycles. The van der Waals surface area contributed by atoms with Gasteiger partial charge in [-0.1, -0.05) is 30.3 Å². The van der Waals surface area contributed by atoms with Crippen molar-refractivity contribution in [2.24, 2.45) is 0 Å². The summed E-state index contributed by atoms with van der Waals surface area (Å²) in [5.74, 6) is 0.844. The first kappa shape index (κ1) is 20.1. The lowest BCUT2D eigenvalue weighted by Gasteiger charge is -2.38. The second-order valence-corrected chi connectivity index (χ2v) is 7.91. The summed E-state index contributed by atoms with van der Waals surface area (Å²) in [4.78, 5) is 6.50. The molecular formula is C24H28N4O3. The molecule has 2 fully saturated rings. The van der Waals surface area contributed by atoms with E-state index in [1.807, 2.05) is 22.9 Å². The van der Waals surface area contributed by atoms with E-state index in [9.17, 15) is 0 Å². The van der Waals surface area contributed by atoms with Gasteiger partial charge < -0.3 is 29.0 Å². The van der Waals surface area contributed by atoms with E-state index < -0.39 is 0 Å². The van der Waals surface area contributed by atoms with Gasteiger partial charge in [0.15, 0.2) is 6.29 Å². The van der Waals surface area contributed by atoms with Crippen LogP contribution in [0.3, 0.4) is 0 Å². The van der Waals surface area contributed by atoms with E-state index in [0.29, 0.717) is 25.8 Å². The molecule has 162 valence electrons. The molecule has 3 unspecified atom stereocenters. The molecule has 1 N–H and O–H groups in total. The fourth-order valence-corrected chi connectivity index (χ4v) is 4.17. The molecule has 2 aliphatic rings. The molecule has 0 spiro atoms. The van der Waals surface area contributed by atoms with Crippen molar-refractivity contribution in [2.75, 3.05) is 37.7 Å². The predicted octanol–water partition coefficient (Wildman–Crippen LogP) is 2.85. The third-order valence-corrected chi connectivity index (χ3v) is 5.76. The molecule has 1 aromatic heterocycles. The minimum Gasteiger partial charge on any atom is -0.491 e. The zero-order valence-electron chi connectivity index (χ0n) is 17.5. The van der Waals surface area contributed by atoms with Gasteiger partial charge in [0.05, 0.1) is 25.5 Å². The van der Waals surface area contributed by atoms with Gasteiger partial charge in [0.2, 0.25) is 0 Å². The molecule has 3 atom stereocenters. The summed E-state index contributed by atoms with van der Waals surface area (Å²) in [5, 5.41) is 3.52. The number of hydrogen-bond acceptors (Lipinski definition) is 6. The van der Waals surface area contributed by atoms with Gasteiger partial charge in [-0.2, -0.15) is 0 Å². The minimum atomic E-state index is -0.257. The Bertz CT molecular complexity index is 933. The van der Waals surface area contributed by atoms with E-state index in [-0.39, 0.29) is 12.4 Å². The average Bonchev–Trinajstić information content (AvgIpc) is 3.51. The third-order valence-electron chi connectivity index (χ3n) is 5.76. The zero-order chi connectivity index (χ0) is 20.9. The Hall–Kier alpha value is -2.87. The van der Waals surface area contributed by atoms with Crippen LogP contribution >= 0.6 is 0 Å². The Morgan fingerprint density at radius 2 is 1.97 bits per heavy atom. The summed E-state index contributed by atoms with van der Waals surface area (Å²) in [6.07, 6.45) is 5.09. The molecule has 0 bridgehead atoms. The molecule has 7 heteroatoms. The van der Waals surface area contributed by atoms with Gasteiger partial charge in [-0.3, -0.25) is 0 Å². The van der Waals surface area contributed by atoms with Gasteiger partial charge in [-0.25, -0.2) is 4.98 Å². The number of hydrogen-bond donors (Lipinski definition) is 1. The predicted molar refractivity (Wildman–Crippen MR) is 118 cm³/mol. The first-order valence-corrected chi connectivity index (χ1v) is 10.8. The van der Waals surface area contributed by atoms with Crippen molar-refractivity contribution < 1.29 is 14.2 Å². The van der Waals surface area contributed by atoms with Crippen LogP contribution in [0.1, 0.15) is 11.6 Å². The van der Waals surface area contributed by atoms with E-state index in [0.717, 1.165) is 25.4 Å². The second-order valence-electron chi connectivity index (χ2n) is 7.91. The van der Waals surface area contributed by atoms with Crippen molar-refractivity contribution >= 4 is 5.69 Å². The molecule has 0 amide bonds. The number of piperazine rings is 1. The van der Waals surface area contributed by atoms with Crippen LogP contribution < -0.4 is 15.0 Å². The number of rotatable bonds is 7. The number of nitrogens with one attached hydrogen (secondary N) is 1. The number of benzene rings is 2. The van der Waals surface area contributed by atoms with Crippen LogP contribution in [0.2, 0.25) is 0 Å². The van der Waals surface area contributed by atoms with Gasteiger partial charge in [0, 0.05) is 37.7 Å². The van der Waals surface area contributed by atoms with Crippen molar-refractivity contribution in [3.63, 3.8) is 0 Å². The van der Waals surface area contributed by atoms with Crippen LogP contribution in [-0.2, 0) is 16.0 Å². The highest BCUT2D eigenvalue weighted by Crippen LogP contribution is 2.29. The summed E-state index contributed by atoms with van der Waals surface area (Å²) < 4.78 is 19.6. The molecule has 3 aromatic rings. The molecule has 0 radical (unpaired) electrons. The lowest BCUT2D eigenvalue weighted by Crippen LogP contribution is -2.46. The minimum absolute atomic E-state index is 0.0659. The number of imidazole rings is 1. The summed E-state index contributed by atoms with van der Waals surface area (Å²) in [7, 11) is 0.